The summed E-state index contributed by atoms with van der Waals surface area (Å²) >= 11 is 0. The zero-order valence-corrected chi connectivity index (χ0v) is 12.0. The summed E-state index contributed by atoms with van der Waals surface area (Å²) in [5.41, 5.74) is -0.459. The molecule has 1 aromatic heterocycles. The molecule has 2 fully saturated rings. The lowest BCUT2D eigenvalue weighted by molar-refractivity contribution is -0.0686. The molecular formula is C15H22N2O3. The molecule has 0 bridgehead atoms. The van der Waals surface area contributed by atoms with Crippen LogP contribution in [0.4, 0.5) is 0 Å². The Hall–Kier alpha value is -1.36. The molecule has 1 aliphatic heterocycles. The summed E-state index contributed by atoms with van der Waals surface area (Å²) in [5.74, 6) is 0. The average molecular weight is 278 g/mol. The van der Waals surface area contributed by atoms with E-state index in [0.29, 0.717) is 6.54 Å². The fourth-order valence-corrected chi connectivity index (χ4v) is 3.57. The molecule has 1 unspecified atom stereocenters. The van der Waals surface area contributed by atoms with Crippen molar-refractivity contribution in [1.82, 2.24) is 9.13 Å². The Morgan fingerprint density at radius 2 is 2.00 bits per heavy atom. The van der Waals surface area contributed by atoms with E-state index < -0.39 is 0 Å². The van der Waals surface area contributed by atoms with Crippen molar-refractivity contribution >= 4 is 0 Å². The molecule has 2 heterocycles. The quantitative estimate of drug-likeness (QED) is 0.822. The van der Waals surface area contributed by atoms with Crippen molar-refractivity contribution in [2.75, 3.05) is 0 Å². The summed E-state index contributed by atoms with van der Waals surface area (Å²) in [5, 5.41) is 0. The van der Waals surface area contributed by atoms with Crippen molar-refractivity contribution in [2.24, 2.45) is 7.05 Å². The molecule has 2 aliphatic rings. The molecule has 0 aromatic carbocycles. The Morgan fingerprint density at radius 3 is 2.75 bits per heavy atom. The molecule has 1 aromatic rings. The van der Waals surface area contributed by atoms with Gasteiger partial charge in [-0.05, 0) is 25.7 Å². The summed E-state index contributed by atoms with van der Waals surface area (Å²) in [6.45, 7) is 0.383. The standard InChI is InChI=1S/C15H22N2O3/c1-16-10-6-13(18)17(14(16)19)11-12-5-9-15(20-12)7-3-2-4-8-15/h6,10,12H,2-5,7-9,11H2,1H3. The smallest absolute Gasteiger partial charge is 0.330 e. The highest BCUT2D eigenvalue weighted by atomic mass is 16.5. The van der Waals surface area contributed by atoms with Gasteiger partial charge in [-0.3, -0.25) is 9.36 Å². The van der Waals surface area contributed by atoms with Crippen LogP contribution in [-0.4, -0.2) is 20.8 Å². The van der Waals surface area contributed by atoms with Gasteiger partial charge in [0.2, 0.25) is 0 Å². The van der Waals surface area contributed by atoms with E-state index in [4.69, 9.17) is 4.74 Å². The minimum atomic E-state index is -0.259. The van der Waals surface area contributed by atoms with E-state index in [-0.39, 0.29) is 23.0 Å². The Balaban J connectivity index is 1.75. The van der Waals surface area contributed by atoms with Gasteiger partial charge in [-0.1, -0.05) is 19.3 Å². The van der Waals surface area contributed by atoms with Crippen molar-refractivity contribution in [3.05, 3.63) is 33.1 Å². The second-order valence-corrected chi connectivity index (χ2v) is 6.18. The fourth-order valence-electron chi connectivity index (χ4n) is 3.57. The van der Waals surface area contributed by atoms with Crippen LogP contribution in [0.25, 0.3) is 0 Å². The summed E-state index contributed by atoms with van der Waals surface area (Å²) in [6.07, 6.45) is 9.56. The first-order valence-electron chi connectivity index (χ1n) is 7.54. The third-order valence-corrected chi connectivity index (χ3v) is 4.73. The largest absolute Gasteiger partial charge is 0.370 e. The van der Waals surface area contributed by atoms with Gasteiger partial charge in [0.1, 0.15) is 0 Å². The lowest BCUT2D eigenvalue weighted by atomic mass is 9.83. The maximum absolute atomic E-state index is 12.0. The summed E-state index contributed by atoms with van der Waals surface area (Å²) < 4.78 is 8.97. The van der Waals surface area contributed by atoms with Crippen LogP contribution in [0.15, 0.2) is 21.9 Å². The molecule has 1 saturated carbocycles. The van der Waals surface area contributed by atoms with E-state index in [0.717, 1.165) is 25.7 Å². The molecule has 1 spiro atoms. The zero-order chi connectivity index (χ0) is 14.2. The van der Waals surface area contributed by atoms with E-state index in [1.165, 1.54) is 40.7 Å². The predicted molar refractivity (Wildman–Crippen MR) is 75.9 cm³/mol. The second-order valence-electron chi connectivity index (χ2n) is 6.18. The molecule has 3 rings (SSSR count). The van der Waals surface area contributed by atoms with Gasteiger partial charge >= 0.3 is 5.69 Å². The molecule has 1 atom stereocenters. The Labute approximate surface area is 118 Å². The number of ether oxygens (including phenoxy) is 1. The van der Waals surface area contributed by atoms with Crippen molar-refractivity contribution in [2.45, 2.75) is 63.2 Å². The van der Waals surface area contributed by atoms with E-state index >= 15 is 0 Å². The average Bonchev–Trinajstić information content (AvgIpc) is 2.83. The highest BCUT2D eigenvalue weighted by Gasteiger charge is 2.40. The molecule has 20 heavy (non-hydrogen) atoms. The molecule has 0 amide bonds. The number of hydrogen-bond donors (Lipinski definition) is 0. The van der Waals surface area contributed by atoms with Gasteiger partial charge in [-0.15, -0.1) is 0 Å². The van der Waals surface area contributed by atoms with E-state index in [1.807, 2.05) is 0 Å². The Kier molecular flexibility index (Phi) is 3.54. The van der Waals surface area contributed by atoms with E-state index in [2.05, 4.69) is 0 Å². The van der Waals surface area contributed by atoms with Gasteiger partial charge in [-0.2, -0.15) is 0 Å². The van der Waals surface area contributed by atoms with Gasteiger partial charge in [0.05, 0.1) is 18.2 Å². The van der Waals surface area contributed by atoms with Crippen molar-refractivity contribution in [3.8, 4) is 0 Å². The van der Waals surface area contributed by atoms with Crippen LogP contribution in [0.3, 0.4) is 0 Å². The van der Waals surface area contributed by atoms with Crippen molar-refractivity contribution < 1.29 is 4.74 Å². The second kappa shape index (κ2) is 5.20. The molecule has 5 nitrogen and oxygen atoms in total. The van der Waals surface area contributed by atoms with Crippen molar-refractivity contribution in [1.29, 1.82) is 0 Å². The Bertz CT molecular complexity index is 596. The van der Waals surface area contributed by atoms with Gasteiger partial charge in [0.25, 0.3) is 5.56 Å². The molecule has 110 valence electrons. The highest BCUT2D eigenvalue weighted by Crippen LogP contribution is 2.42. The third kappa shape index (κ3) is 2.46. The molecular weight excluding hydrogens is 256 g/mol. The van der Waals surface area contributed by atoms with Gasteiger partial charge in [-0.25, -0.2) is 4.79 Å². The molecule has 1 aliphatic carbocycles. The number of aromatic nitrogens is 2. The van der Waals surface area contributed by atoms with Gasteiger partial charge in [0.15, 0.2) is 0 Å². The lowest BCUT2D eigenvalue weighted by Gasteiger charge is -2.33. The first kappa shape index (κ1) is 13.6. The van der Waals surface area contributed by atoms with Gasteiger partial charge in [0, 0.05) is 19.3 Å². The SMILES string of the molecule is Cn1ccc(=O)n(CC2CCC3(CCCCC3)O2)c1=O. The van der Waals surface area contributed by atoms with E-state index in [1.54, 1.807) is 7.05 Å². The van der Waals surface area contributed by atoms with Crippen LogP contribution in [0.1, 0.15) is 44.9 Å². The monoisotopic (exact) mass is 278 g/mol. The predicted octanol–water partition coefficient (Wildman–Crippen LogP) is 1.43. The van der Waals surface area contributed by atoms with Gasteiger partial charge < -0.3 is 9.30 Å². The first-order valence-corrected chi connectivity index (χ1v) is 7.54. The number of hydrogen-bond acceptors (Lipinski definition) is 3. The van der Waals surface area contributed by atoms with Crippen LogP contribution in [-0.2, 0) is 18.3 Å². The van der Waals surface area contributed by atoms with Crippen LogP contribution < -0.4 is 11.2 Å². The molecule has 1 saturated heterocycles. The van der Waals surface area contributed by atoms with Crippen LogP contribution in [0.5, 0.6) is 0 Å². The maximum Gasteiger partial charge on any atom is 0.330 e. The lowest BCUT2D eigenvalue weighted by Crippen LogP contribution is -2.41. The topological polar surface area (TPSA) is 53.2 Å². The first-order chi connectivity index (χ1) is 9.60. The summed E-state index contributed by atoms with van der Waals surface area (Å²) in [6, 6.07) is 1.44. The van der Waals surface area contributed by atoms with Crippen LogP contribution in [0, 0.1) is 0 Å². The van der Waals surface area contributed by atoms with E-state index in [9.17, 15) is 9.59 Å². The third-order valence-electron chi connectivity index (χ3n) is 4.73. The normalized spacial score (nSPS) is 25.1. The van der Waals surface area contributed by atoms with Crippen molar-refractivity contribution in [3.63, 3.8) is 0 Å². The fraction of sp³-hybridized carbons (Fsp3) is 0.733. The number of nitrogens with zero attached hydrogens (tertiary/aromatic N) is 2. The highest BCUT2D eigenvalue weighted by molar-refractivity contribution is 4.93. The number of rotatable bonds is 2. The molecule has 0 N–H and O–H groups in total. The van der Waals surface area contributed by atoms with Crippen LogP contribution in [0.2, 0.25) is 0 Å². The summed E-state index contributed by atoms with van der Waals surface area (Å²) in [4.78, 5) is 23.9. The maximum atomic E-state index is 12.0. The minimum Gasteiger partial charge on any atom is -0.370 e. The number of aryl methyl sites for hydroxylation is 1. The molecule has 5 heteroatoms. The van der Waals surface area contributed by atoms with Crippen LogP contribution >= 0.6 is 0 Å². The molecule has 0 radical (unpaired) electrons. The summed E-state index contributed by atoms with van der Waals surface area (Å²) in [7, 11) is 1.66. The Morgan fingerprint density at radius 1 is 1.25 bits per heavy atom. The minimum absolute atomic E-state index is 0.000833. The zero-order valence-electron chi connectivity index (χ0n) is 12.0.